The number of guanidine groups is 1. The summed E-state index contributed by atoms with van der Waals surface area (Å²) in [5.41, 5.74) is 2.15. The van der Waals surface area contributed by atoms with E-state index in [0.717, 1.165) is 65.8 Å². The number of hydrogen-bond donors (Lipinski definition) is 2. The average Bonchev–Trinajstić information content (AvgIpc) is 3.13. The average molecular weight is 407 g/mol. The minimum absolute atomic E-state index is 0.115. The minimum Gasteiger partial charge on any atom is -0.363 e. The lowest BCUT2D eigenvalue weighted by Crippen LogP contribution is -2.41. The van der Waals surface area contributed by atoms with Crippen molar-refractivity contribution >= 4 is 22.7 Å². The van der Waals surface area contributed by atoms with Crippen LogP contribution >= 0.6 is 0 Å². The van der Waals surface area contributed by atoms with E-state index < -0.39 is 0 Å². The van der Waals surface area contributed by atoms with E-state index >= 15 is 0 Å². The van der Waals surface area contributed by atoms with Crippen molar-refractivity contribution in [2.24, 2.45) is 4.99 Å². The standard InChI is InChI=1S/C22H30N8/c1-5-23-22(27-19-11-8-12-30-21(19)25-15(2)28-30)24-14-16-13-20(29(3)4)26-18-10-7-6-9-17(16)18/h6-7,9-10,13,19H,5,8,11-12,14H2,1-4H3,(H2,23,24,27). The third kappa shape index (κ3) is 4.22. The summed E-state index contributed by atoms with van der Waals surface area (Å²) in [5.74, 6) is 3.55. The zero-order chi connectivity index (χ0) is 21.1. The number of benzene rings is 1. The highest BCUT2D eigenvalue weighted by molar-refractivity contribution is 5.85. The van der Waals surface area contributed by atoms with Gasteiger partial charge in [0.05, 0.1) is 18.1 Å². The van der Waals surface area contributed by atoms with E-state index in [0.29, 0.717) is 6.54 Å². The van der Waals surface area contributed by atoms with Crippen LogP contribution in [0.2, 0.25) is 0 Å². The third-order valence-electron chi connectivity index (χ3n) is 5.29. The van der Waals surface area contributed by atoms with Gasteiger partial charge in [-0.3, -0.25) is 0 Å². The molecule has 1 aliphatic rings. The van der Waals surface area contributed by atoms with Crippen LogP contribution < -0.4 is 15.5 Å². The highest BCUT2D eigenvalue weighted by atomic mass is 15.4. The minimum atomic E-state index is 0.115. The highest BCUT2D eigenvalue weighted by Crippen LogP contribution is 2.24. The van der Waals surface area contributed by atoms with Gasteiger partial charge < -0.3 is 15.5 Å². The van der Waals surface area contributed by atoms with Gasteiger partial charge in [-0.2, -0.15) is 5.10 Å². The molecule has 30 heavy (non-hydrogen) atoms. The molecular weight excluding hydrogens is 376 g/mol. The number of anilines is 1. The second-order valence-electron chi connectivity index (χ2n) is 7.83. The van der Waals surface area contributed by atoms with Crippen LogP contribution in [0.15, 0.2) is 35.3 Å². The number of aliphatic imine (C=N–C) groups is 1. The first-order valence-electron chi connectivity index (χ1n) is 10.6. The molecule has 1 unspecified atom stereocenters. The Balaban J connectivity index is 1.61. The molecule has 3 heterocycles. The van der Waals surface area contributed by atoms with Gasteiger partial charge >= 0.3 is 0 Å². The van der Waals surface area contributed by atoms with Gasteiger partial charge in [0.15, 0.2) is 5.96 Å². The summed E-state index contributed by atoms with van der Waals surface area (Å²) in [4.78, 5) is 16.3. The van der Waals surface area contributed by atoms with E-state index in [4.69, 9.17) is 9.98 Å². The Morgan fingerprint density at radius 1 is 1.27 bits per heavy atom. The number of aryl methyl sites for hydroxylation is 2. The molecule has 1 aromatic carbocycles. The maximum absolute atomic E-state index is 4.90. The molecule has 158 valence electrons. The molecule has 1 atom stereocenters. The summed E-state index contributed by atoms with van der Waals surface area (Å²) in [5, 5.41) is 12.6. The van der Waals surface area contributed by atoms with Crippen LogP contribution in [0.5, 0.6) is 0 Å². The number of para-hydroxylation sites is 1. The van der Waals surface area contributed by atoms with Crippen LogP contribution in [0.4, 0.5) is 5.82 Å². The zero-order valence-electron chi connectivity index (χ0n) is 18.2. The van der Waals surface area contributed by atoms with Gasteiger partial charge in [0, 0.05) is 32.6 Å². The smallest absolute Gasteiger partial charge is 0.192 e. The first kappa shape index (κ1) is 20.1. The molecule has 1 aliphatic heterocycles. The van der Waals surface area contributed by atoms with Crippen molar-refractivity contribution in [1.29, 1.82) is 0 Å². The monoisotopic (exact) mass is 406 g/mol. The lowest BCUT2D eigenvalue weighted by molar-refractivity contribution is 0.397. The van der Waals surface area contributed by atoms with Gasteiger partial charge in [0.1, 0.15) is 17.5 Å². The van der Waals surface area contributed by atoms with E-state index in [9.17, 15) is 0 Å². The quantitative estimate of drug-likeness (QED) is 0.501. The molecule has 0 aliphatic carbocycles. The Morgan fingerprint density at radius 2 is 2.10 bits per heavy atom. The second kappa shape index (κ2) is 8.69. The SMILES string of the molecule is CCNC(=NCc1cc(N(C)C)nc2ccccc12)NC1CCCn2nc(C)nc21. The van der Waals surface area contributed by atoms with Crippen LogP contribution in [-0.2, 0) is 13.1 Å². The predicted octanol–water partition coefficient (Wildman–Crippen LogP) is 2.79. The number of rotatable bonds is 5. The van der Waals surface area contributed by atoms with Crippen molar-refractivity contribution < 1.29 is 0 Å². The van der Waals surface area contributed by atoms with Crippen molar-refractivity contribution in [2.45, 2.75) is 45.8 Å². The van der Waals surface area contributed by atoms with E-state index in [1.165, 1.54) is 0 Å². The zero-order valence-corrected chi connectivity index (χ0v) is 18.2. The Bertz CT molecular complexity index is 1050. The predicted molar refractivity (Wildman–Crippen MR) is 121 cm³/mol. The molecule has 4 rings (SSSR count). The molecular formula is C22H30N8. The summed E-state index contributed by atoms with van der Waals surface area (Å²) < 4.78 is 2.01. The lowest BCUT2D eigenvalue weighted by atomic mass is 10.1. The third-order valence-corrected chi connectivity index (χ3v) is 5.29. The molecule has 2 aromatic heterocycles. The molecule has 2 N–H and O–H groups in total. The molecule has 0 bridgehead atoms. The molecule has 8 nitrogen and oxygen atoms in total. The maximum Gasteiger partial charge on any atom is 0.192 e. The number of nitrogens with one attached hydrogen (secondary N) is 2. The molecule has 0 amide bonds. The molecule has 8 heteroatoms. The molecule has 0 saturated heterocycles. The van der Waals surface area contributed by atoms with E-state index in [1.54, 1.807) is 0 Å². The first-order chi connectivity index (χ1) is 14.5. The van der Waals surface area contributed by atoms with Crippen LogP contribution in [-0.4, -0.2) is 46.3 Å². The second-order valence-corrected chi connectivity index (χ2v) is 7.83. The molecule has 0 spiro atoms. The fourth-order valence-corrected chi connectivity index (χ4v) is 3.85. The fraction of sp³-hybridized carbons (Fsp3) is 0.455. The van der Waals surface area contributed by atoms with E-state index in [2.05, 4.69) is 45.8 Å². The van der Waals surface area contributed by atoms with Crippen LogP contribution in [0, 0.1) is 6.92 Å². The largest absolute Gasteiger partial charge is 0.363 e. The summed E-state index contributed by atoms with van der Waals surface area (Å²) in [6, 6.07) is 10.5. The van der Waals surface area contributed by atoms with Crippen LogP contribution in [0.1, 0.15) is 43.0 Å². The summed E-state index contributed by atoms with van der Waals surface area (Å²) in [6.07, 6.45) is 2.10. The molecule has 0 fully saturated rings. The fourth-order valence-electron chi connectivity index (χ4n) is 3.85. The Hall–Kier alpha value is -3.16. The van der Waals surface area contributed by atoms with E-state index in [1.807, 2.05) is 42.7 Å². The van der Waals surface area contributed by atoms with E-state index in [-0.39, 0.29) is 6.04 Å². The van der Waals surface area contributed by atoms with Gasteiger partial charge in [0.25, 0.3) is 0 Å². The lowest BCUT2D eigenvalue weighted by Gasteiger charge is -2.25. The van der Waals surface area contributed by atoms with Gasteiger partial charge in [-0.25, -0.2) is 19.6 Å². The van der Waals surface area contributed by atoms with Crippen molar-refractivity contribution in [3.05, 3.63) is 47.5 Å². The van der Waals surface area contributed by atoms with Crippen LogP contribution in [0.3, 0.4) is 0 Å². The first-order valence-corrected chi connectivity index (χ1v) is 10.6. The molecule has 0 radical (unpaired) electrons. The maximum atomic E-state index is 4.90. The summed E-state index contributed by atoms with van der Waals surface area (Å²) in [7, 11) is 4.02. The van der Waals surface area contributed by atoms with Gasteiger partial charge in [-0.15, -0.1) is 0 Å². The molecule has 3 aromatic rings. The number of aromatic nitrogens is 4. The van der Waals surface area contributed by atoms with Crippen molar-refractivity contribution in [3.8, 4) is 0 Å². The van der Waals surface area contributed by atoms with Gasteiger partial charge in [-0.1, -0.05) is 18.2 Å². The van der Waals surface area contributed by atoms with Gasteiger partial charge in [-0.05, 0) is 44.4 Å². The molecule has 0 saturated carbocycles. The van der Waals surface area contributed by atoms with Crippen molar-refractivity contribution in [1.82, 2.24) is 30.4 Å². The van der Waals surface area contributed by atoms with Crippen LogP contribution in [0.25, 0.3) is 10.9 Å². The van der Waals surface area contributed by atoms with Gasteiger partial charge in [0.2, 0.25) is 0 Å². The Labute approximate surface area is 177 Å². The summed E-state index contributed by atoms with van der Waals surface area (Å²) in [6.45, 7) is 6.32. The number of fused-ring (bicyclic) bond motifs is 2. The highest BCUT2D eigenvalue weighted by Gasteiger charge is 2.24. The Morgan fingerprint density at radius 3 is 2.90 bits per heavy atom. The Kier molecular flexibility index (Phi) is 5.83. The number of hydrogen-bond acceptors (Lipinski definition) is 5. The number of nitrogens with zero attached hydrogens (tertiary/aromatic N) is 6. The summed E-state index contributed by atoms with van der Waals surface area (Å²) >= 11 is 0. The topological polar surface area (TPSA) is 83.3 Å². The number of pyridine rings is 1. The van der Waals surface area contributed by atoms with Crippen molar-refractivity contribution in [2.75, 3.05) is 25.5 Å². The normalized spacial score (nSPS) is 16.4. The van der Waals surface area contributed by atoms with Crippen molar-refractivity contribution in [3.63, 3.8) is 0 Å².